The first-order valence-corrected chi connectivity index (χ1v) is 7.91. The Morgan fingerprint density at radius 1 is 1.28 bits per heavy atom. The van der Waals surface area contributed by atoms with Gasteiger partial charge in [-0.05, 0) is 36.2 Å². The molecule has 0 fully saturated rings. The highest BCUT2D eigenvalue weighted by atomic mass is 35.5. The highest BCUT2D eigenvalue weighted by Gasteiger charge is 2.19. The van der Waals surface area contributed by atoms with Gasteiger partial charge in [0, 0.05) is 17.3 Å². The number of aliphatic hydroxyl groups excluding tert-OH is 1. The molecule has 0 saturated heterocycles. The summed E-state index contributed by atoms with van der Waals surface area (Å²) < 4.78 is 6.49. The molecule has 25 heavy (non-hydrogen) atoms. The van der Waals surface area contributed by atoms with E-state index < -0.39 is 12.1 Å². The van der Waals surface area contributed by atoms with Crippen LogP contribution in [0.4, 0.5) is 0 Å². The van der Waals surface area contributed by atoms with Gasteiger partial charge in [-0.15, -0.1) is 0 Å². The van der Waals surface area contributed by atoms with Crippen LogP contribution in [-0.4, -0.2) is 20.5 Å². The van der Waals surface area contributed by atoms with Gasteiger partial charge in [0.2, 0.25) is 0 Å². The zero-order chi connectivity index (χ0) is 18.0. The van der Waals surface area contributed by atoms with Crippen molar-refractivity contribution in [2.45, 2.75) is 19.6 Å². The van der Waals surface area contributed by atoms with E-state index in [1.165, 1.54) is 22.6 Å². The summed E-state index contributed by atoms with van der Waals surface area (Å²) in [5.74, 6) is -0.826. The second-order valence-electron chi connectivity index (χ2n) is 5.58. The predicted octanol–water partition coefficient (Wildman–Crippen LogP) is 2.43. The molecule has 1 N–H and O–H groups in total. The van der Waals surface area contributed by atoms with E-state index in [1.807, 2.05) is 13.0 Å². The maximum atomic E-state index is 12.1. The van der Waals surface area contributed by atoms with Crippen LogP contribution in [0.25, 0.3) is 5.65 Å². The topological polar surface area (TPSA) is 80.9 Å². The summed E-state index contributed by atoms with van der Waals surface area (Å²) in [5.41, 5.74) is 1.81. The standard InChI is InChI=1S/C18H15ClN2O4/c1-11-2-7-15-20-14(8-16(22)21(15)9-11)10-25-18(24)17(23)12-3-5-13(19)6-4-12/h2-9,17,23H,10H2,1H3. The Kier molecular flexibility index (Phi) is 4.83. The van der Waals surface area contributed by atoms with Gasteiger partial charge in [0.25, 0.3) is 5.56 Å². The highest BCUT2D eigenvalue weighted by Crippen LogP contribution is 2.18. The number of aromatic nitrogens is 2. The second kappa shape index (κ2) is 7.04. The van der Waals surface area contributed by atoms with Crippen molar-refractivity contribution in [3.05, 3.63) is 80.9 Å². The summed E-state index contributed by atoms with van der Waals surface area (Å²) in [6.45, 7) is 1.67. The molecule has 128 valence electrons. The number of aliphatic hydroxyl groups is 1. The van der Waals surface area contributed by atoms with Crippen LogP contribution in [0.5, 0.6) is 0 Å². The third-order valence-electron chi connectivity index (χ3n) is 3.63. The molecule has 7 heteroatoms. The third kappa shape index (κ3) is 3.87. The van der Waals surface area contributed by atoms with Crippen LogP contribution in [0, 0.1) is 6.92 Å². The Morgan fingerprint density at radius 2 is 2.00 bits per heavy atom. The highest BCUT2D eigenvalue weighted by molar-refractivity contribution is 6.30. The van der Waals surface area contributed by atoms with Crippen molar-refractivity contribution in [1.82, 2.24) is 9.38 Å². The minimum absolute atomic E-state index is 0.205. The zero-order valence-corrected chi connectivity index (χ0v) is 14.1. The fraction of sp³-hybridized carbons (Fsp3) is 0.167. The van der Waals surface area contributed by atoms with Crippen molar-refractivity contribution in [2.24, 2.45) is 0 Å². The molecule has 2 heterocycles. The predicted molar refractivity (Wildman–Crippen MR) is 92.4 cm³/mol. The molecule has 6 nitrogen and oxygen atoms in total. The molecule has 0 aliphatic carbocycles. The van der Waals surface area contributed by atoms with Crippen molar-refractivity contribution in [2.75, 3.05) is 0 Å². The number of carbonyl (C=O) groups excluding carboxylic acids is 1. The Bertz CT molecular complexity index is 983. The Morgan fingerprint density at radius 3 is 2.72 bits per heavy atom. The number of hydrogen-bond donors (Lipinski definition) is 1. The maximum Gasteiger partial charge on any atom is 0.340 e. The summed E-state index contributed by atoms with van der Waals surface area (Å²) >= 11 is 5.77. The van der Waals surface area contributed by atoms with Gasteiger partial charge >= 0.3 is 5.97 Å². The molecule has 0 saturated carbocycles. The molecule has 3 rings (SSSR count). The van der Waals surface area contributed by atoms with Crippen LogP contribution in [-0.2, 0) is 16.1 Å². The number of benzene rings is 1. The average molecular weight is 359 g/mol. The lowest BCUT2D eigenvalue weighted by Crippen LogP contribution is -2.19. The maximum absolute atomic E-state index is 12.1. The number of aryl methyl sites for hydroxylation is 1. The van der Waals surface area contributed by atoms with Gasteiger partial charge in [-0.2, -0.15) is 0 Å². The van der Waals surface area contributed by atoms with E-state index in [4.69, 9.17) is 16.3 Å². The van der Waals surface area contributed by atoms with Crippen LogP contribution in [0.3, 0.4) is 0 Å². The average Bonchev–Trinajstić information content (AvgIpc) is 2.60. The minimum Gasteiger partial charge on any atom is -0.457 e. The summed E-state index contributed by atoms with van der Waals surface area (Å²) in [4.78, 5) is 28.4. The number of fused-ring (bicyclic) bond motifs is 1. The summed E-state index contributed by atoms with van der Waals surface area (Å²) in [6.07, 6.45) is 0.256. The number of esters is 1. The molecule has 0 spiro atoms. The summed E-state index contributed by atoms with van der Waals surface area (Å²) in [6, 6.07) is 11.1. The van der Waals surface area contributed by atoms with Gasteiger partial charge < -0.3 is 9.84 Å². The largest absolute Gasteiger partial charge is 0.457 e. The number of halogens is 1. The number of nitrogens with zero attached hydrogens (tertiary/aromatic N) is 2. The van der Waals surface area contributed by atoms with Crippen LogP contribution in [0.1, 0.15) is 22.9 Å². The number of carbonyl (C=O) groups is 1. The Balaban J connectivity index is 1.73. The van der Waals surface area contributed by atoms with Crippen molar-refractivity contribution in [3.63, 3.8) is 0 Å². The SMILES string of the molecule is Cc1ccc2nc(COC(=O)C(O)c3ccc(Cl)cc3)cc(=O)n2c1. The number of pyridine rings is 1. The lowest BCUT2D eigenvalue weighted by atomic mass is 10.1. The van der Waals surface area contributed by atoms with Gasteiger partial charge in [-0.25, -0.2) is 9.78 Å². The van der Waals surface area contributed by atoms with Gasteiger partial charge in [-0.3, -0.25) is 9.20 Å². The smallest absolute Gasteiger partial charge is 0.340 e. The first-order valence-electron chi connectivity index (χ1n) is 7.53. The number of hydrogen-bond acceptors (Lipinski definition) is 5. The van der Waals surface area contributed by atoms with Crippen LogP contribution in [0.15, 0.2) is 53.5 Å². The second-order valence-corrected chi connectivity index (χ2v) is 6.02. The first kappa shape index (κ1) is 17.1. The molecule has 1 atom stereocenters. The van der Waals surface area contributed by atoms with Crippen LogP contribution < -0.4 is 5.56 Å². The third-order valence-corrected chi connectivity index (χ3v) is 3.88. The van der Waals surface area contributed by atoms with Crippen molar-refractivity contribution < 1.29 is 14.6 Å². The molecule has 2 aromatic heterocycles. The molecule has 0 amide bonds. The lowest BCUT2D eigenvalue weighted by Gasteiger charge is -2.11. The summed E-state index contributed by atoms with van der Waals surface area (Å²) in [7, 11) is 0. The van der Waals surface area contributed by atoms with Crippen LogP contribution in [0.2, 0.25) is 5.02 Å². The van der Waals surface area contributed by atoms with E-state index >= 15 is 0 Å². The monoisotopic (exact) mass is 358 g/mol. The molecule has 0 bridgehead atoms. The summed E-state index contributed by atoms with van der Waals surface area (Å²) in [5, 5.41) is 10.5. The molecular formula is C18H15ClN2O4. The van der Waals surface area contributed by atoms with Gasteiger partial charge in [0.05, 0.1) is 5.69 Å². The molecule has 0 aliphatic rings. The first-order chi connectivity index (χ1) is 11.9. The molecule has 0 radical (unpaired) electrons. The quantitative estimate of drug-likeness (QED) is 0.724. The fourth-order valence-electron chi connectivity index (χ4n) is 2.34. The van der Waals surface area contributed by atoms with Crippen molar-refractivity contribution in [3.8, 4) is 0 Å². The Labute approximate surface area is 148 Å². The van der Waals surface area contributed by atoms with Crippen molar-refractivity contribution in [1.29, 1.82) is 0 Å². The van der Waals surface area contributed by atoms with E-state index in [9.17, 15) is 14.7 Å². The molecule has 3 aromatic rings. The fourth-order valence-corrected chi connectivity index (χ4v) is 2.46. The molecule has 1 aromatic carbocycles. The van der Waals surface area contributed by atoms with Crippen LogP contribution >= 0.6 is 11.6 Å². The lowest BCUT2D eigenvalue weighted by molar-refractivity contribution is -0.155. The molecular weight excluding hydrogens is 344 g/mol. The van der Waals surface area contributed by atoms with Gasteiger partial charge in [0.1, 0.15) is 12.3 Å². The van der Waals surface area contributed by atoms with E-state index in [-0.39, 0.29) is 12.2 Å². The number of ether oxygens (including phenoxy) is 1. The molecule has 0 aliphatic heterocycles. The van der Waals surface area contributed by atoms with E-state index in [0.717, 1.165) is 5.56 Å². The van der Waals surface area contributed by atoms with Gasteiger partial charge in [-0.1, -0.05) is 29.8 Å². The van der Waals surface area contributed by atoms with E-state index in [0.29, 0.717) is 21.9 Å². The normalized spacial score (nSPS) is 12.1. The zero-order valence-electron chi connectivity index (χ0n) is 13.3. The van der Waals surface area contributed by atoms with Gasteiger partial charge in [0.15, 0.2) is 6.10 Å². The number of rotatable bonds is 4. The van der Waals surface area contributed by atoms with E-state index in [2.05, 4.69) is 4.98 Å². The Hall–Kier alpha value is -2.70. The minimum atomic E-state index is -1.43. The molecule has 1 unspecified atom stereocenters. The van der Waals surface area contributed by atoms with Crippen molar-refractivity contribution >= 4 is 23.2 Å². The van der Waals surface area contributed by atoms with E-state index in [1.54, 1.807) is 24.4 Å².